The molecule has 0 unspecified atom stereocenters. The molecule has 0 bridgehead atoms. The van der Waals surface area contributed by atoms with Crippen molar-refractivity contribution in [2.45, 2.75) is 12.8 Å². The molecule has 11 heteroatoms. The number of nitrogen functional groups attached to an aromatic ring is 1. The van der Waals surface area contributed by atoms with Crippen LogP contribution in [0, 0.1) is 11.2 Å². The van der Waals surface area contributed by atoms with Crippen molar-refractivity contribution < 1.29 is 17.7 Å². The predicted molar refractivity (Wildman–Crippen MR) is 93.0 cm³/mol. The molecule has 0 atom stereocenters. The van der Waals surface area contributed by atoms with E-state index in [1.165, 1.54) is 12.1 Å². The highest BCUT2D eigenvalue weighted by Gasteiger charge is 2.33. The van der Waals surface area contributed by atoms with Gasteiger partial charge in [0.2, 0.25) is 0 Å². The van der Waals surface area contributed by atoms with E-state index in [9.17, 15) is 13.2 Å². The van der Waals surface area contributed by atoms with Crippen molar-refractivity contribution in [3.05, 3.63) is 33.9 Å². The summed E-state index contributed by atoms with van der Waals surface area (Å²) < 4.78 is 45.0. The Hall–Kier alpha value is -2.30. The number of hydrogen-bond acceptors (Lipinski definition) is 6. The quantitative estimate of drug-likeness (QED) is 0.439. The highest BCUT2D eigenvalue weighted by Crippen LogP contribution is 2.28. The van der Waals surface area contributed by atoms with E-state index in [1.807, 2.05) is 0 Å². The van der Waals surface area contributed by atoms with Crippen LogP contribution in [0.4, 0.5) is 24.8 Å². The topological polar surface area (TPSA) is 95.3 Å². The Labute approximate surface area is 155 Å². The molecule has 3 rings (SSSR count). The molecule has 140 valence electrons. The first kappa shape index (κ1) is 18.5. The van der Waals surface area contributed by atoms with Crippen molar-refractivity contribution in [2.24, 2.45) is 0 Å². The van der Waals surface area contributed by atoms with Gasteiger partial charge in [-0.1, -0.05) is 0 Å². The Bertz CT molecular complexity index is 829. The Kier molecular flexibility index (Phi) is 4.82. The minimum Gasteiger partial charge on any atom is -0.397 e. The van der Waals surface area contributed by atoms with Gasteiger partial charge >= 0.3 is 5.92 Å². The summed E-state index contributed by atoms with van der Waals surface area (Å²) in [4.78, 5) is 7.13. The molecular weight excluding hydrogens is 417 g/mol. The number of benzene rings is 1. The fourth-order valence-electron chi connectivity index (χ4n) is 2.60. The van der Waals surface area contributed by atoms with Crippen LogP contribution in [0.15, 0.2) is 21.1 Å². The number of halogens is 4. The van der Waals surface area contributed by atoms with Gasteiger partial charge in [-0.05, 0) is 33.2 Å². The molecule has 0 aliphatic carbocycles. The number of nitrogens with two attached hydrogens (primary N) is 1. The lowest BCUT2D eigenvalue weighted by Crippen LogP contribution is -2.49. The number of aromatic nitrogens is 2. The van der Waals surface area contributed by atoms with Gasteiger partial charge in [0, 0.05) is 43.1 Å². The van der Waals surface area contributed by atoms with Gasteiger partial charge in [-0.3, -0.25) is 5.41 Å². The third-order valence-electron chi connectivity index (χ3n) is 4.02. The molecule has 0 radical (unpaired) electrons. The highest BCUT2D eigenvalue weighted by molar-refractivity contribution is 9.10. The molecule has 1 fully saturated rings. The van der Waals surface area contributed by atoms with E-state index in [2.05, 4.69) is 30.6 Å². The molecule has 1 aromatic heterocycles. The molecule has 0 saturated carbocycles. The van der Waals surface area contributed by atoms with Crippen LogP contribution in [0.1, 0.15) is 18.4 Å². The van der Waals surface area contributed by atoms with E-state index in [-0.39, 0.29) is 23.0 Å². The van der Waals surface area contributed by atoms with Gasteiger partial charge < -0.3 is 20.1 Å². The summed E-state index contributed by atoms with van der Waals surface area (Å²) in [5, 5.41) is 11.9. The first-order valence-electron chi connectivity index (χ1n) is 7.72. The molecular formula is C15H16BrF3N6O. The van der Waals surface area contributed by atoms with Gasteiger partial charge in [0.05, 0.1) is 5.69 Å². The monoisotopic (exact) mass is 432 g/mol. The fourth-order valence-corrected chi connectivity index (χ4v) is 3.04. The Morgan fingerprint density at radius 2 is 1.96 bits per heavy atom. The predicted octanol–water partition coefficient (Wildman–Crippen LogP) is 2.81. The largest absolute Gasteiger partial charge is 0.397 e. The number of amidine groups is 1. The lowest BCUT2D eigenvalue weighted by atomic mass is 10.1. The van der Waals surface area contributed by atoms with Gasteiger partial charge in [-0.25, -0.2) is 4.39 Å². The highest BCUT2D eigenvalue weighted by atomic mass is 79.9. The molecule has 2 aromatic rings. The van der Waals surface area contributed by atoms with Crippen LogP contribution in [0.3, 0.4) is 0 Å². The average molecular weight is 433 g/mol. The lowest BCUT2D eigenvalue weighted by molar-refractivity contribution is -0.0158. The number of alkyl halides is 2. The summed E-state index contributed by atoms with van der Waals surface area (Å²) in [5.74, 6) is -4.25. The van der Waals surface area contributed by atoms with E-state index in [4.69, 9.17) is 11.1 Å². The van der Waals surface area contributed by atoms with Crippen LogP contribution in [-0.2, 0) is 5.92 Å². The molecule has 3 N–H and O–H groups in total. The van der Waals surface area contributed by atoms with Crippen LogP contribution in [-0.4, -0.2) is 47.1 Å². The second-order valence-corrected chi connectivity index (χ2v) is 6.81. The van der Waals surface area contributed by atoms with E-state index in [1.54, 1.807) is 9.80 Å². The summed E-state index contributed by atoms with van der Waals surface area (Å²) in [6.07, 6.45) is 0. The minimum atomic E-state index is -3.20. The van der Waals surface area contributed by atoms with Crippen LogP contribution in [0.5, 0.6) is 0 Å². The van der Waals surface area contributed by atoms with E-state index < -0.39 is 17.6 Å². The molecule has 0 amide bonds. The molecule has 0 spiro atoms. The Morgan fingerprint density at radius 3 is 2.54 bits per heavy atom. The summed E-state index contributed by atoms with van der Waals surface area (Å²) in [6.45, 7) is 2.28. The van der Waals surface area contributed by atoms with Crippen LogP contribution in [0.2, 0.25) is 0 Å². The smallest absolute Gasteiger partial charge is 0.322 e. The maximum atomic E-state index is 13.6. The SMILES string of the molecule is CC(F)(F)c1nc(N2CCN(C(=N)c3cc(F)cc(Br)c3N)CC2)no1. The number of nitrogens with zero attached hydrogens (tertiary/aromatic N) is 4. The van der Waals surface area contributed by atoms with Crippen molar-refractivity contribution in [1.29, 1.82) is 5.41 Å². The molecule has 7 nitrogen and oxygen atoms in total. The fraction of sp³-hybridized carbons (Fsp3) is 0.400. The first-order valence-corrected chi connectivity index (χ1v) is 8.51. The summed E-state index contributed by atoms with van der Waals surface area (Å²) >= 11 is 3.17. The molecule has 1 saturated heterocycles. The molecule has 26 heavy (non-hydrogen) atoms. The second-order valence-electron chi connectivity index (χ2n) is 5.96. The molecule has 2 heterocycles. The first-order chi connectivity index (χ1) is 12.2. The zero-order chi connectivity index (χ0) is 19.1. The van der Waals surface area contributed by atoms with Crippen molar-refractivity contribution in [2.75, 3.05) is 36.8 Å². The molecule has 1 aliphatic heterocycles. The van der Waals surface area contributed by atoms with Crippen molar-refractivity contribution in [3.8, 4) is 0 Å². The number of hydrogen-bond donors (Lipinski definition) is 2. The third-order valence-corrected chi connectivity index (χ3v) is 4.68. The van der Waals surface area contributed by atoms with Crippen LogP contribution < -0.4 is 10.6 Å². The summed E-state index contributed by atoms with van der Waals surface area (Å²) in [7, 11) is 0. The van der Waals surface area contributed by atoms with Gasteiger partial charge in [-0.15, -0.1) is 0 Å². The maximum Gasteiger partial charge on any atom is 0.322 e. The number of anilines is 2. The number of piperazine rings is 1. The van der Waals surface area contributed by atoms with Gasteiger partial charge in [-0.2, -0.15) is 13.8 Å². The third kappa shape index (κ3) is 3.62. The normalized spacial score (nSPS) is 15.4. The van der Waals surface area contributed by atoms with E-state index in [0.29, 0.717) is 37.6 Å². The number of rotatable bonds is 3. The minimum absolute atomic E-state index is 0.0840. The zero-order valence-corrected chi connectivity index (χ0v) is 15.4. The average Bonchev–Trinajstić information content (AvgIpc) is 3.08. The molecule has 1 aliphatic rings. The standard InChI is InChI=1S/C15H16BrF3N6O/c1-15(18,19)13-22-14(23-26-13)25-4-2-24(3-5-25)12(21)9-6-8(17)7-10(16)11(9)20/h6-7,21H,2-5,20H2,1H3. The maximum absolute atomic E-state index is 13.6. The van der Waals surface area contributed by atoms with Gasteiger partial charge in [0.1, 0.15) is 11.7 Å². The van der Waals surface area contributed by atoms with E-state index in [0.717, 1.165) is 0 Å². The summed E-state index contributed by atoms with van der Waals surface area (Å²) in [6, 6.07) is 2.45. The molecule has 1 aromatic carbocycles. The number of nitrogens with one attached hydrogen (secondary N) is 1. The van der Waals surface area contributed by atoms with Gasteiger partial charge in [0.15, 0.2) is 0 Å². The van der Waals surface area contributed by atoms with E-state index >= 15 is 0 Å². The van der Waals surface area contributed by atoms with Crippen molar-refractivity contribution in [3.63, 3.8) is 0 Å². The Morgan fingerprint density at radius 1 is 1.31 bits per heavy atom. The zero-order valence-electron chi connectivity index (χ0n) is 13.8. The van der Waals surface area contributed by atoms with Crippen LogP contribution in [0.25, 0.3) is 0 Å². The van der Waals surface area contributed by atoms with Crippen molar-refractivity contribution in [1.82, 2.24) is 15.0 Å². The Balaban J connectivity index is 1.69. The van der Waals surface area contributed by atoms with Crippen LogP contribution >= 0.6 is 15.9 Å². The second kappa shape index (κ2) is 6.78. The summed E-state index contributed by atoms with van der Waals surface area (Å²) in [5.41, 5.74) is 6.50. The lowest BCUT2D eigenvalue weighted by Gasteiger charge is -2.35. The van der Waals surface area contributed by atoms with Gasteiger partial charge in [0.25, 0.3) is 11.8 Å². The van der Waals surface area contributed by atoms with Crippen molar-refractivity contribution >= 4 is 33.4 Å².